The number of aromatic nitrogens is 1. The van der Waals surface area contributed by atoms with Crippen molar-refractivity contribution in [3.8, 4) is 17.2 Å². The molecule has 124 valence electrons. The van der Waals surface area contributed by atoms with Gasteiger partial charge in [0.2, 0.25) is 0 Å². The number of benzene rings is 2. The Bertz CT molecular complexity index is 894. The number of anilines is 1. The fourth-order valence-corrected chi connectivity index (χ4v) is 2.73. The van der Waals surface area contributed by atoms with Crippen molar-refractivity contribution in [3.05, 3.63) is 83.6 Å². The van der Waals surface area contributed by atoms with Crippen LogP contribution in [0.25, 0.3) is 11.1 Å². The first kappa shape index (κ1) is 16.7. The minimum Gasteiger partial charge on any atom is -0.384 e. The maximum atomic E-state index is 9.03. The molecule has 4 heteroatoms. The minimum absolute atomic E-state index is 0.217. The molecular formula is C21H20N4. The summed E-state index contributed by atoms with van der Waals surface area (Å²) in [5.41, 5.74) is 10.9. The molecule has 0 unspecified atom stereocenters. The third-order valence-electron chi connectivity index (χ3n) is 4.19. The Morgan fingerprint density at radius 2 is 1.88 bits per heavy atom. The number of hydrogen-bond acceptors (Lipinski definition) is 4. The van der Waals surface area contributed by atoms with E-state index >= 15 is 0 Å². The molecule has 0 saturated heterocycles. The first-order valence-electron chi connectivity index (χ1n) is 8.20. The van der Waals surface area contributed by atoms with Crippen molar-refractivity contribution < 1.29 is 0 Å². The van der Waals surface area contributed by atoms with Crippen LogP contribution in [0.1, 0.15) is 29.7 Å². The molecule has 0 aliphatic heterocycles. The number of pyridine rings is 1. The number of nitrogens with one attached hydrogen (secondary N) is 1. The molecule has 3 aromatic rings. The number of nitriles is 1. The summed E-state index contributed by atoms with van der Waals surface area (Å²) in [6.45, 7) is 2.87. The minimum atomic E-state index is 0.217. The van der Waals surface area contributed by atoms with E-state index in [-0.39, 0.29) is 6.04 Å². The molecule has 0 aliphatic rings. The van der Waals surface area contributed by atoms with Crippen LogP contribution in [0.15, 0.2) is 66.9 Å². The lowest BCUT2D eigenvalue weighted by Gasteiger charge is -2.15. The van der Waals surface area contributed by atoms with Crippen molar-refractivity contribution in [3.63, 3.8) is 0 Å². The largest absolute Gasteiger partial charge is 0.384 e. The van der Waals surface area contributed by atoms with Gasteiger partial charge in [-0.15, -0.1) is 0 Å². The molecular weight excluding hydrogens is 308 g/mol. The average Bonchev–Trinajstić information content (AvgIpc) is 2.66. The van der Waals surface area contributed by atoms with Crippen molar-refractivity contribution in [2.45, 2.75) is 19.5 Å². The van der Waals surface area contributed by atoms with E-state index in [9.17, 15) is 0 Å². The van der Waals surface area contributed by atoms with Gasteiger partial charge in [-0.05, 0) is 53.4 Å². The van der Waals surface area contributed by atoms with Gasteiger partial charge < -0.3 is 11.1 Å². The lowest BCUT2D eigenvalue weighted by molar-refractivity contribution is 0.574. The maximum Gasteiger partial charge on any atom is 0.123 e. The Labute approximate surface area is 148 Å². The first-order valence-corrected chi connectivity index (χ1v) is 8.20. The molecule has 0 amide bonds. The van der Waals surface area contributed by atoms with Crippen molar-refractivity contribution in [1.82, 2.24) is 10.3 Å². The molecule has 1 aromatic heterocycles. The molecule has 1 atom stereocenters. The molecule has 0 bridgehead atoms. The zero-order valence-electron chi connectivity index (χ0n) is 14.1. The van der Waals surface area contributed by atoms with E-state index < -0.39 is 0 Å². The van der Waals surface area contributed by atoms with Crippen LogP contribution in [0.4, 0.5) is 5.82 Å². The molecule has 0 radical (unpaired) electrons. The van der Waals surface area contributed by atoms with E-state index in [2.05, 4.69) is 47.6 Å². The van der Waals surface area contributed by atoms with Gasteiger partial charge in [0.05, 0.1) is 11.6 Å². The second-order valence-corrected chi connectivity index (χ2v) is 6.01. The van der Waals surface area contributed by atoms with Crippen LogP contribution in [0.5, 0.6) is 0 Å². The fourth-order valence-electron chi connectivity index (χ4n) is 2.73. The molecule has 1 heterocycles. The van der Waals surface area contributed by atoms with Gasteiger partial charge in [-0.3, -0.25) is 0 Å². The first-order chi connectivity index (χ1) is 12.2. The van der Waals surface area contributed by atoms with Gasteiger partial charge in [0.1, 0.15) is 5.82 Å². The normalized spacial score (nSPS) is 11.7. The molecule has 3 N–H and O–H groups in total. The third kappa shape index (κ3) is 4.23. The smallest absolute Gasteiger partial charge is 0.123 e. The summed E-state index contributed by atoms with van der Waals surface area (Å²) in [6, 6.07) is 22.3. The average molecular weight is 328 g/mol. The van der Waals surface area contributed by atoms with Gasteiger partial charge in [0, 0.05) is 18.8 Å². The monoisotopic (exact) mass is 328 g/mol. The Kier molecular flexibility index (Phi) is 5.08. The number of nitrogens with zero attached hydrogens (tertiary/aromatic N) is 2. The van der Waals surface area contributed by atoms with E-state index in [1.54, 1.807) is 6.20 Å². The molecule has 0 aliphatic carbocycles. The Balaban J connectivity index is 1.68. The van der Waals surface area contributed by atoms with Crippen molar-refractivity contribution in [2.24, 2.45) is 0 Å². The molecule has 3 rings (SSSR count). The maximum absolute atomic E-state index is 9.03. The summed E-state index contributed by atoms with van der Waals surface area (Å²) in [5.74, 6) is 0.538. The van der Waals surface area contributed by atoms with Crippen LogP contribution in [0.2, 0.25) is 0 Å². The predicted octanol–water partition coefficient (Wildman–Crippen LogP) is 4.05. The van der Waals surface area contributed by atoms with E-state index in [1.807, 2.05) is 36.4 Å². The molecule has 4 nitrogen and oxygen atoms in total. The predicted molar refractivity (Wildman–Crippen MR) is 100 cm³/mol. The summed E-state index contributed by atoms with van der Waals surface area (Å²) in [4.78, 5) is 4.01. The van der Waals surface area contributed by atoms with Crippen LogP contribution in [0.3, 0.4) is 0 Å². The Morgan fingerprint density at radius 1 is 1.08 bits per heavy atom. The zero-order chi connectivity index (χ0) is 17.6. The van der Waals surface area contributed by atoms with Crippen LogP contribution in [0, 0.1) is 11.3 Å². The van der Waals surface area contributed by atoms with E-state index in [0.29, 0.717) is 11.4 Å². The standard InChI is InChI=1S/C21H20N4/c1-15(25-14-17-9-10-24-21(23)12-17)18-5-7-19(8-6-18)20-4-2-3-16(11-20)13-22/h2-12,15,25H,14H2,1H3,(H2,23,24)/t15-/m0/s1. The number of hydrogen-bond donors (Lipinski definition) is 2. The third-order valence-corrected chi connectivity index (χ3v) is 4.19. The Morgan fingerprint density at radius 3 is 2.60 bits per heavy atom. The van der Waals surface area contributed by atoms with Crippen molar-refractivity contribution in [2.75, 3.05) is 5.73 Å². The molecule has 2 aromatic carbocycles. The fraction of sp³-hybridized carbons (Fsp3) is 0.143. The number of nitrogens with two attached hydrogens (primary N) is 1. The SMILES string of the molecule is C[C@H](NCc1ccnc(N)c1)c1ccc(-c2cccc(C#N)c2)cc1. The van der Waals surface area contributed by atoms with Crippen LogP contribution >= 0.6 is 0 Å². The van der Waals surface area contributed by atoms with E-state index in [0.717, 1.165) is 23.2 Å². The highest BCUT2D eigenvalue weighted by molar-refractivity contribution is 5.65. The molecule has 0 saturated carbocycles. The van der Waals surface area contributed by atoms with Crippen LogP contribution in [-0.2, 0) is 6.54 Å². The highest BCUT2D eigenvalue weighted by Gasteiger charge is 2.06. The molecule has 0 spiro atoms. The number of nitrogen functional groups attached to an aromatic ring is 1. The summed E-state index contributed by atoms with van der Waals surface area (Å²) in [5, 5.41) is 12.5. The quantitative estimate of drug-likeness (QED) is 0.741. The second-order valence-electron chi connectivity index (χ2n) is 6.01. The van der Waals surface area contributed by atoms with Crippen LogP contribution < -0.4 is 11.1 Å². The summed E-state index contributed by atoms with van der Waals surface area (Å²) < 4.78 is 0. The van der Waals surface area contributed by atoms with Gasteiger partial charge in [-0.1, -0.05) is 36.4 Å². The lowest BCUT2D eigenvalue weighted by atomic mass is 10.00. The lowest BCUT2D eigenvalue weighted by Crippen LogP contribution is -2.18. The van der Waals surface area contributed by atoms with Crippen molar-refractivity contribution in [1.29, 1.82) is 5.26 Å². The summed E-state index contributed by atoms with van der Waals surface area (Å²) in [6.07, 6.45) is 1.72. The highest BCUT2D eigenvalue weighted by atomic mass is 14.9. The summed E-state index contributed by atoms with van der Waals surface area (Å²) in [7, 11) is 0. The molecule has 25 heavy (non-hydrogen) atoms. The van der Waals surface area contributed by atoms with Gasteiger partial charge in [-0.2, -0.15) is 5.26 Å². The Hall–Kier alpha value is -3.16. The van der Waals surface area contributed by atoms with Gasteiger partial charge >= 0.3 is 0 Å². The molecule has 0 fully saturated rings. The van der Waals surface area contributed by atoms with Crippen LogP contribution in [-0.4, -0.2) is 4.98 Å². The zero-order valence-corrected chi connectivity index (χ0v) is 14.1. The topological polar surface area (TPSA) is 74.7 Å². The summed E-state index contributed by atoms with van der Waals surface area (Å²) >= 11 is 0. The van der Waals surface area contributed by atoms with Gasteiger partial charge in [-0.25, -0.2) is 4.98 Å². The highest BCUT2D eigenvalue weighted by Crippen LogP contribution is 2.23. The second kappa shape index (κ2) is 7.61. The number of rotatable bonds is 5. The van der Waals surface area contributed by atoms with Crippen molar-refractivity contribution >= 4 is 5.82 Å². The van der Waals surface area contributed by atoms with Gasteiger partial charge in [0.15, 0.2) is 0 Å². The van der Waals surface area contributed by atoms with Gasteiger partial charge in [0.25, 0.3) is 0 Å². The van der Waals surface area contributed by atoms with E-state index in [4.69, 9.17) is 11.0 Å². The van der Waals surface area contributed by atoms with E-state index in [1.165, 1.54) is 5.56 Å².